The molecular weight excluding hydrogens is 252 g/mol. The van der Waals surface area contributed by atoms with Crippen molar-refractivity contribution in [2.45, 2.75) is 44.4 Å². The summed E-state index contributed by atoms with van der Waals surface area (Å²) in [6.45, 7) is 4.33. The molecule has 1 aliphatic carbocycles. The highest BCUT2D eigenvalue weighted by molar-refractivity contribution is 9.09. The van der Waals surface area contributed by atoms with Crippen molar-refractivity contribution in [1.82, 2.24) is 0 Å². The second-order valence-electron chi connectivity index (χ2n) is 4.61. The Balaban J connectivity index is 2.53. The molecule has 0 unspecified atom stereocenters. The van der Waals surface area contributed by atoms with Gasteiger partial charge >= 0.3 is 0 Å². The third kappa shape index (κ3) is 4.37. The quantitative estimate of drug-likeness (QED) is 0.363. The molecule has 2 nitrogen and oxygen atoms in total. The number of halogens is 1. The molecule has 0 aromatic rings. The molecule has 1 fully saturated rings. The van der Waals surface area contributed by atoms with Crippen molar-refractivity contribution in [3.05, 3.63) is 12.2 Å². The van der Waals surface area contributed by atoms with Crippen molar-refractivity contribution in [3.63, 3.8) is 0 Å². The van der Waals surface area contributed by atoms with Crippen molar-refractivity contribution < 1.29 is 0 Å². The van der Waals surface area contributed by atoms with Crippen LogP contribution in [0.4, 0.5) is 0 Å². The number of nitrogens with two attached hydrogens (primary N) is 1. The number of alkyl halides is 1. The Morgan fingerprint density at radius 3 is 2.40 bits per heavy atom. The lowest BCUT2D eigenvalue weighted by atomic mass is 9.85. The molecule has 0 amide bonds. The number of nitrogens with zero attached hydrogens (tertiary/aromatic N) is 1. The Hall–Kier alpha value is -0.310. The van der Waals surface area contributed by atoms with Crippen molar-refractivity contribution in [3.8, 4) is 0 Å². The van der Waals surface area contributed by atoms with Gasteiger partial charge in [0.25, 0.3) is 0 Å². The van der Waals surface area contributed by atoms with Crippen molar-refractivity contribution in [2.75, 3.05) is 0 Å². The molecule has 15 heavy (non-hydrogen) atoms. The molecule has 0 bridgehead atoms. The number of hydrogen-bond donors (Lipinski definition) is 1. The van der Waals surface area contributed by atoms with Gasteiger partial charge in [-0.05, 0) is 37.7 Å². The lowest BCUT2D eigenvalue weighted by molar-refractivity contribution is 0.453. The van der Waals surface area contributed by atoms with Gasteiger partial charge in [-0.15, -0.1) is 0 Å². The van der Waals surface area contributed by atoms with Crippen LogP contribution in [-0.4, -0.2) is 10.5 Å². The largest absolute Gasteiger partial charge is 0.323 e. The third-order valence-electron chi connectivity index (χ3n) is 2.88. The summed E-state index contributed by atoms with van der Waals surface area (Å²) in [6, 6.07) is 0. The van der Waals surface area contributed by atoms with Crippen LogP contribution in [-0.2, 0) is 0 Å². The number of rotatable bonds is 3. The zero-order chi connectivity index (χ0) is 11.3. The first kappa shape index (κ1) is 12.8. The minimum atomic E-state index is 0.564. The van der Waals surface area contributed by atoms with Crippen LogP contribution in [0.3, 0.4) is 0 Å². The first-order chi connectivity index (χ1) is 7.13. The van der Waals surface area contributed by atoms with E-state index in [-0.39, 0.29) is 0 Å². The van der Waals surface area contributed by atoms with E-state index in [2.05, 4.69) is 47.0 Å². The maximum Gasteiger partial charge on any atom is 0.0628 e. The predicted molar refractivity (Wildman–Crippen MR) is 70.3 cm³/mol. The Morgan fingerprint density at radius 1 is 1.33 bits per heavy atom. The summed E-state index contributed by atoms with van der Waals surface area (Å²) in [6.07, 6.45) is 9.15. The summed E-state index contributed by atoms with van der Waals surface area (Å²) in [5.41, 5.74) is 1.07. The minimum absolute atomic E-state index is 0.564. The standard InChI is InChI=1S/C12H21BrN2/c1-9(2)3-8-12(15-14)10-4-6-11(13)7-5-10/h3,8-11H,4-7,14H2,1-2H3/b8-3-,15-12+/t10-,11+. The fourth-order valence-corrected chi connectivity index (χ4v) is 2.45. The Morgan fingerprint density at radius 2 is 1.93 bits per heavy atom. The van der Waals surface area contributed by atoms with E-state index in [9.17, 15) is 0 Å². The fourth-order valence-electron chi connectivity index (χ4n) is 1.92. The normalized spacial score (nSPS) is 28.9. The first-order valence-electron chi connectivity index (χ1n) is 5.73. The van der Waals surface area contributed by atoms with Gasteiger partial charge in [-0.25, -0.2) is 0 Å². The molecule has 0 radical (unpaired) electrons. The van der Waals surface area contributed by atoms with Gasteiger partial charge in [0, 0.05) is 10.7 Å². The van der Waals surface area contributed by atoms with Crippen molar-refractivity contribution >= 4 is 21.6 Å². The molecule has 3 heteroatoms. The van der Waals surface area contributed by atoms with Gasteiger partial charge in [-0.3, -0.25) is 0 Å². The lowest BCUT2D eigenvalue weighted by Crippen LogP contribution is -2.21. The maximum absolute atomic E-state index is 5.45. The average molecular weight is 273 g/mol. The molecule has 0 aromatic heterocycles. The second-order valence-corrected chi connectivity index (χ2v) is 5.90. The van der Waals surface area contributed by atoms with Crippen LogP contribution in [0.2, 0.25) is 0 Å². The van der Waals surface area contributed by atoms with Gasteiger partial charge in [-0.1, -0.05) is 35.9 Å². The van der Waals surface area contributed by atoms with Crippen molar-refractivity contribution in [2.24, 2.45) is 22.8 Å². The van der Waals surface area contributed by atoms with Gasteiger partial charge < -0.3 is 5.84 Å². The first-order valence-corrected chi connectivity index (χ1v) is 6.65. The molecule has 0 heterocycles. The Labute approximate surface area is 101 Å². The van der Waals surface area contributed by atoms with Crippen LogP contribution in [0.1, 0.15) is 39.5 Å². The molecule has 1 rings (SSSR count). The molecule has 0 atom stereocenters. The lowest BCUT2D eigenvalue weighted by Gasteiger charge is -2.24. The van der Waals surface area contributed by atoms with E-state index in [1.165, 1.54) is 25.7 Å². The van der Waals surface area contributed by atoms with Crippen molar-refractivity contribution in [1.29, 1.82) is 0 Å². The third-order valence-corrected chi connectivity index (χ3v) is 3.79. The number of hydrazone groups is 1. The summed E-state index contributed by atoms with van der Waals surface area (Å²) >= 11 is 3.66. The van der Waals surface area contributed by atoms with E-state index in [1.807, 2.05) is 0 Å². The molecule has 0 spiro atoms. The molecule has 0 aromatic carbocycles. The molecule has 1 aliphatic rings. The smallest absolute Gasteiger partial charge is 0.0628 e. The average Bonchev–Trinajstić information content (AvgIpc) is 2.21. The van der Waals surface area contributed by atoms with E-state index in [0.717, 1.165) is 5.71 Å². The van der Waals surface area contributed by atoms with Crippen LogP contribution in [0.25, 0.3) is 0 Å². The van der Waals surface area contributed by atoms with Crippen LogP contribution >= 0.6 is 15.9 Å². The number of hydrogen-bond acceptors (Lipinski definition) is 2. The fraction of sp³-hybridized carbons (Fsp3) is 0.750. The SMILES string of the molecule is CC(C)/C=C\C(=N/N)[C@H]1CC[C@@H](Br)CC1. The zero-order valence-corrected chi connectivity index (χ0v) is 11.2. The van der Waals surface area contributed by atoms with E-state index in [0.29, 0.717) is 16.7 Å². The summed E-state index contributed by atoms with van der Waals surface area (Å²) in [5, 5.41) is 3.92. The molecule has 0 aliphatic heterocycles. The molecular formula is C12H21BrN2. The van der Waals surface area contributed by atoms with E-state index < -0.39 is 0 Å². The summed E-state index contributed by atoms with van der Waals surface area (Å²) in [7, 11) is 0. The monoisotopic (exact) mass is 272 g/mol. The van der Waals surface area contributed by atoms with Crippen LogP contribution in [0.5, 0.6) is 0 Å². The molecule has 0 saturated heterocycles. The summed E-state index contributed by atoms with van der Waals surface area (Å²) in [4.78, 5) is 0.696. The minimum Gasteiger partial charge on any atom is -0.323 e. The van der Waals surface area contributed by atoms with Gasteiger partial charge in [0.05, 0.1) is 5.71 Å². The highest BCUT2D eigenvalue weighted by atomic mass is 79.9. The predicted octanol–water partition coefficient (Wildman–Crippen LogP) is 3.47. The van der Waals surface area contributed by atoms with E-state index >= 15 is 0 Å². The van der Waals surface area contributed by atoms with Gasteiger partial charge in [0.2, 0.25) is 0 Å². The summed E-state index contributed by atoms with van der Waals surface area (Å²) < 4.78 is 0. The Kier molecular flexibility index (Phi) is 5.37. The Bertz CT molecular complexity index is 238. The highest BCUT2D eigenvalue weighted by Crippen LogP contribution is 2.29. The van der Waals surface area contributed by atoms with E-state index in [4.69, 9.17) is 5.84 Å². The molecule has 1 saturated carbocycles. The maximum atomic E-state index is 5.45. The second kappa shape index (κ2) is 6.31. The molecule has 2 N–H and O–H groups in total. The van der Waals surface area contributed by atoms with Gasteiger partial charge in [0.15, 0.2) is 0 Å². The van der Waals surface area contributed by atoms with Crippen LogP contribution in [0.15, 0.2) is 17.3 Å². The van der Waals surface area contributed by atoms with Gasteiger partial charge in [-0.2, -0.15) is 5.10 Å². The van der Waals surface area contributed by atoms with Crippen LogP contribution in [0, 0.1) is 11.8 Å². The van der Waals surface area contributed by atoms with Gasteiger partial charge in [0.1, 0.15) is 0 Å². The summed E-state index contributed by atoms with van der Waals surface area (Å²) in [5.74, 6) is 6.58. The zero-order valence-electron chi connectivity index (χ0n) is 9.62. The molecule has 86 valence electrons. The topological polar surface area (TPSA) is 38.4 Å². The van der Waals surface area contributed by atoms with E-state index in [1.54, 1.807) is 0 Å². The highest BCUT2D eigenvalue weighted by Gasteiger charge is 2.22. The number of allylic oxidation sites excluding steroid dienone is 2. The van der Waals surface area contributed by atoms with Crippen LogP contribution < -0.4 is 5.84 Å².